The number of fused-ring (bicyclic) bond motifs is 5. The highest BCUT2D eigenvalue weighted by atomic mass is 79.9. The lowest BCUT2D eigenvalue weighted by molar-refractivity contribution is -0.114. The van der Waals surface area contributed by atoms with Crippen LogP contribution in [0.3, 0.4) is 0 Å². The first-order valence-electron chi connectivity index (χ1n) is 10.4. The quantitative estimate of drug-likeness (QED) is 0.630. The Morgan fingerprint density at radius 1 is 1.12 bits per heavy atom. The van der Waals surface area contributed by atoms with Crippen molar-refractivity contribution in [1.82, 2.24) is 0 Å². The van der Waals surface area contributed by atoms with Crippen LogP contribution >= 0.6 is 15.9 Å². The summed E-state index contributed by atoms with van der Waals surface area (Å²) in [5.74, 6) is 4.37. The highest BCUT2D eigenvalue weighted by Crippen LogP contribution is 2.61. The lowest BCUT2D eigenvalue weighted by atomic mass is 9.47. The Hall–Kier alpha value is -0.150. The normalized spacial score (nSPS) is 49.4. The van der Waals surface area contributed by atoms with Crippen molar-refractivity contribution in [3.8, 4) is 0 Å². The minimum atomic E-state index is -0.421. The molecule has 0 radical (unpaired) electrons. The number of aliphatic hydroxyl groups is 1. The van der Waals surface area contributed by atoms with Crippen LogP contribution in [0.5, 0.6) is 0 Å². The number of carbonyl (C=O) groups excluding carboxylic acids is 1. The zero-order valence-electron chi connectivity index (χ0n) is 15.8. The maximum Gasteiger partial charge on any atom is 0.169 e. The third kappa shape index (κ3) is 3.18. The van der Waals surface area contributed by atoms with E-state index in [-0.39, 0.29) is 5.41 Å². The van der Waals surface area contributed by atoms with Crippen molar-refractivity contribution in [1.29, 1.82) is 0 Å². The Kier molecular flexibility index (Phi) is 4.72. The van der Waals surface area contributed by atoms with Gasteiger partial charge in [0.1, 0.15) is 0 Å². The molecule has 1 N–H and O–H groups in total. The van der Waals surface area contributed by atoms with E-state index in [4.69, 9.17) is 0 Å². The average molecular weight is 409 g/mol. The summed E-state index contributed by atoms with van der Waals surface area (Å²) in [7, 11) is 0. The third-order valence-corrected chi connectivity index (χ3v) is 8.89. The second kappa shape index (κ2) is 6.48. The fraction of sp³-hybridized carbons (Fsp3) is 0.864. The van der Waals surface area contributed by atoms with Gasteiger partial charge in [-0.1, -0.05) is 28.9 Å². The van der Waals surface area contributed by atoms with Crippen LogP contribution in [-0.2, 0) is 4.79 Å². The summed E-state index contributed by atoms with van der Waals surface area (Å²) in [4.78, 5) is 12.2. The molecule has 3 heteroatoms. The largest absolute Gasteiger partial charge is 0.390 e. The van der Waals surface area contributed by atoms with Crippen molar-refractivity contribution in [2.45, 2.75) is 77.2 Å². The molecule has 0 spiro atoms. The topological polar surface area (TPSA) is 37.3 Å². The van der Waals surface area contributed by atoms with Crippen LogP contribution in [0.15, 0.2) is 11.6 Å². The van der Waals surface area contributed by atoms with Gasteiger partial charge < -0.3 is 5.11 Å². The fourth-order valence-corrected chi connectivity index (χ4v) is 7.60. The Morgan fingerprint density at radius 2 is 1.88 bits per heavy atom. The van der Waals surface area contributed by atoms with Gasteiger partial charge >= 0.3 is 0 Å². The first-order valence-corrected chi connectivity index (χ1v) is 11.5. The minimum Gasteiger partial charge on any atom is -0.390 e. The van der Waals surface area contributed by atoms with E-state index in [2.05, 4.69) is 28.9 Å². The summed E-state index contributed by atoms with van der Waals surface area (Å²) in [6.45, 7) is 4.47. The number of hydrogen-bond donors (Lipinski definition) is 1. The number of carbonyl (C=O) groups is 1. The fourth-order valence-electron chi connectivity index (χ4n) is 7.24. The first kappa shape index (κ1) is 18.2. The smallest absolute Gasteiger partial charge is 0.169 e. The molecule has 0 bridgehead atoms. The van der Waals surface area contributed by atoms with Crippen LogP contribution in [0, 0.1) is 35.0 Å². The van der Waals surface area contributed by atoms with E-state index < -0.39 is 5.60 Å². The van der Waals surface area contributed by atoms with Gasteiger partial charge in [0.2, 0.25) is 0 Å². The summed E-state index contributed by atoms with van der Waals surface area (Å²) in [5, 5.41) is 11.0. The van der Waals surface area contributed by atoms with Crippen LogP contribution in [-0.4, -0.2) is 21.8 Å². The van der Waals surface area contributed by atoms with E-state index in [1.807, 2.05) is 6.92 Å². The molecule has 0 heterocycles. The van der Waals surface area contributed by atoms with E-state index in [1.165, 1.54) is 38.5 Å². The molecule has 25 heavy (non-hydrogen) atoms. The summed E-state index contributed by atoms with van der Waals surface area (Å²) >= 11 is 3.35. The van der Waals surface area contributed by atoms with Gasteiger partial charge in [-0.25, -0.2) is 0 Å². The van der Waals surface area contributed by atoms with E-state index in [9.17, 15) is 9.90 Å². The van der Waals surface area contributed by atoms with Crippen molar-refractivity contribution >= 4 is 21.7 Å². The van der Waals surface area contributed by atoms with Gasteiger partial charge in [-0.2, -0.15) is 0 Å². The van der Waals surface area contributed by atoms with Crippen molar-refractivity contribution < 1.29 is 9.90 Å². The second-order valence-electron chi connectivity index (χ2n) is 9.98. The number of Topliss-reactive ketones (excluding diaryl/α,β-unsaturated/α-hetero) is 1. The molecule has 4 aliphatic rings. The predicted molar refractivity (Wildman–Crippen MR) is 105 cm³/mol. The van der Waals surface area contributed by atoms with E-state index in [0.717, 1.165) is 54.4 Å². The standard InChI is InChI=1S/C22H33BrO2/c1-21-9-7-17-16-8-10-22(2,25)12-14(16)3-5-18(17)19(21)6-4-15(11-21)20(24)13-23/h11,14,16-19,25H,3-10,12-13H2,1-2H3/t14-,16+,17-,18-,19+,21-,22-/m1/s1. The molecular weight excluding hydrogens is 376 g/mol. The average Bonchev–Trinajstić information content (AvgIpc) is 2.58. The monoisotopic (exact) mass is 408 g/mol. The second-order valence-corrected chi connectivity index (χ2v) is 10.5. The van der Waals surface area contributed by atoms with Gasteiger partial charge in [0.15, 0.2) is 5.78 Å². The van der Waals surface area contributed by atoms with Gasteiger partial charge in [0, 0.05) is 0 Å². The Labute approximate surface area is 161 Å². The van der Waals surface area contributed by atoms with E-state index >= 15 is 0 Å². The third-order valence-electron chi connectivity index (χ3n) is 8.38. The minimum absolute atomic E-state index is 0.236. The van der Waals surface area contributed by atoms with Crippen molar-refractivity contribution in [2.75, 3.05) is 5.33 Å². The van der Waals surface area contributed by atoms with Crippen LogP contribution in [0.1, 0.15) is 71.6 Å². The summed E-state index contributed by atoms with van der Waals surface area (Å²) in [6.07, 6.45) is 13.0. The van der Waals surface area contributed by atoms with Gasteiger partial charge in [-0.3, -0.25) is 4.79 Å². The molecule has 140 valence electrons. The van der Waals surface area contributed by atoms with E-state index in [0.29, 0.717) is 11.1 Å². The van der Waals surface area contributed by atoms with Gasteiger partial charge in [-0.05, 0) is 105 Å². The lowest BCUT2D eigenvalue weighted by Crippen LogP contribution is -2.51. The number of hydrogen-bond acceptors (Lipinski definition) is 2. The molecule has 0 amide bonds. The number of allylic oxidation sites excluding steroid dienone is 2. The SMILES string of the molecule is C[C@@]1(O)CC[C@H]2[C@H](CC[C@@H]3[C@@H]2CC[C@]2(C)C=C(C(=O)CBr)CC[C@@H]32)C1. The van der Waals surface area contributed by atoms with Gasteiger partial charge in [-0.15, -0.1) is 0 Å². The Bertz CT molecular complexity index is 581. The maximum atomic E-state index is 12.2. The number of alkyl halides is 1. The van der Waals surface area contributed by atoms with Crippen molar-refractivity contribution in [3.05, 3.63) is 11.6 Å². The molecule has 0 aromatic carbocycles. The van der Waals surface area contributed by atoms with Crippen LogP contribution in [0.4, 0.5) is 0 Å². The molecular formula is C22H33BrO2. The highest BCUT2D eigenvalue weighted by molar-refractivity contribution is 9.09. The van der Waals surface area contributed by atoms with Gasteiger partial charge in [0.25, 0.3) is 0 Å². The Balaban J connectivity index is 1.55. The molecule has 3 saturated carbocycles. The predicted octanol–water partition coefficient (Wildman–Crippen LogP) is 5.28. The highest BCUT2D eigenvalue weighted by Gasteiger charge is 2.53. The molecule has 4 aliphatic carbocycles. The molecule has 4 rings (SSSR count). The zero-order valence-corrected chi connectivity index (χ0v) is 17.4. The van der Waals surface area contributed by atoms with Crippen molar-refractivity contribution in [2.24, 2.45) is 35.0 Å². The van der Waals surface area contributed by atoms with Crippen LogP contribution in [0.2, 0.25) is 0 Å². The van der Waals surface area contributed by atoms with E-state index in [1.54, 1.807) is 0 Å². The van der Waals surface area contributed by atoms with Crippen LogP contribution < -0.4 is 0 Å². The molecule has 0 aromatic rings. The molecule has 0 saturated heterocycles. The van der Waals surface area contributed by atoms with Crippen molar-refractivity contribution in [3.63, 3.8) is 0 Å². The molecule has 0 unspecified atom stereocenters. The summed E-state index contributed by atoms with van der Waals surface area (Å²) in [6, 6.07) is 0. The Morgan fingerprint density at radius 3 is 2.64 bits per heavy atom. The molecule has 7 atom stereocenters. The molecule has 0 aliphatic heterocycles. The zero-order chi connectivity index (χ0) is 17.8. The molecule has 0 aromatic heterocycles. The summed E-state index contributed by atoms with van der Waals surface area (Å²) < 4.78 is 0. The molecule has 2 nitrogen and oxygen atoms in total. The lowest BCUT2D eigenvalue weighted by Gasteiger charge is -2.58. The molecule has 3 fully saturated rings. The first-order chi connectivity index (χ1) is 11.8. The number of halogens is 1. The maximum absolute atomic E-state index is 12.2. The summed E-state index contributed by atoms with van der Waals surface area (Å²) in [5.41, 5.74) is 0.895. The number of ketones is 1. The van der Waals surface area contributed by atoms with Crippen LogP contribution in [0.25, 0.3) is 0 Å². The number of rotatable bonds is 2. The van der Waals surface area contributed by atoms with Gasteiger partial charge in [0.05, 0.1) is 10.9 Å².